The van der Waals surface area contributed by atoms with Crippen molar-refractivity contribution in [2.45, 2.75) is 0 Å². The van der Waals surface area contributed by atoms with Crippen molar-refractivity contribution < 1.29 is 0 Å². The van der Waals surface area contributed by atoms with Gasteiger partial charge in [-0.2, -0.15) is 5.10 Å². The molecule has 0 unspecified atom stereocenters. The third-order valence-electron chi connectivity index (χ3n) is 1.66. The molecule has 0 bridgehead atoms. The third kappa shape index (κ3) is 2.29. The molecule has 0 atom stereocenters. The Bertz CT molecular complexity index is 474. The monoisotopic (exact) mass is 222 g/mol. The summed E-state index contributed by atoms with van der Waals surface area (Å²) >= 11 is 5.73. The molecular weight excluding hydrogens is 216 g/mol. The molecule has 0 saturated carbocycles. The van der Waals surface area contributed by atoms with E-state index in [-0.39, 0.29) is 5.95 Å². The van der Waals surface area contributed by atoms with Crippen LogP contribution in [0.3, 0.4) is 0 Å². The van der Waals surface area contributed by atoms with Gasteiger partial charge in [-0.3, -0.25) is 0 Å². The van der Waals surface area contributed by atoms with E-state index in [1.807, 2.05) is 12.1 Å². The van der Waals surface area contributed by atoms with E-state index in [1.165, 1.54) is 0 Å². The standard InChI is InChI=1S/C8H7ClN6/c9-7-3-1-6(2-4-7)5-11-15-8(10)12-13-14-15/h1-5H,(H2,10,12,14)/b11-5-. The van der Waals surface area contributed by atoms with Crippen LogP contribution in [0, 0.1) is 0 Å². The SMILES string of the molecule is Nc1nnnn1/N=C\c1ccc(Cl)cc1. The van der Waals surface area contributed by atoms with Crippen LogP contribution in [-0.2, 0) is 0 Å². The summed E-state index contributed by atoms with van der Waals surface area (Å²) in [4.78, 5) is 1.13. The molecule has 0 aliphatic carbocycles. The molecule has 0 amide bonds. The lowest BCUT2D eigenvalue weighted by Gasteiger charge is -1.93. The van der Waals surface area contributed by atoms with E-state index in [0.29, 0.717) is 5.02 Å². The lowest BCUT2D eigenvalue weighted by atomic mass is 10.2. The fraction of sp³-hybridized carbons (Fsp3) is 0. The maximum Gasteiger partial charge on any atom is 0.263 e. The molecule has 0 saturated heterocycles. The van der Waals surface area contributed by atoms with Crippen molar-refractivity contribution in [2.75, 3.05) is 5.73 Å². The largest absolute Gasteiger partial charge is 0.365 e. The topological polar surface area (TPSA) is 82.0 Å². The first-order chi connectivity index (χ1) is 7.25. The zero-order valence-corrected chi connectivity index (χ0v) is 8.33. The summed E-state index contributed by atoms with van der Waals surface area (Å²) in [5.74, 6) is 0.139. The van der Waals surface area contributed by atoms with Crippen LogP contribution < -0.4 is 5.73 Å². The van der Waals surface area contributed by atoms with Crippen molar-refractivity contribution in [1.82, 2.24) is 20.3 Å². The summed E-state index contributed by atoms with van der Waals surface area (Å²) in [7, 11) is 0. The molecule has 0 radical (unpaired) electrons. The molecular formula is C8H7ClN6. The van der Waals surface area contributed by atoms with Crippen LogP contribution in [0.25, 0.3) is 0 Å². The minimum atomic E-state index is 0.139. The number of benzene rings is 1. The highest BCUT2D eigenvalue weighted by Gasteiger charge is 1.96. The van der Waals surface area contributed by atoms with Crippen molar-refractivity contribution in [3.8, 4) is 0 Å². The van der Waals surface area contributed by atoms with Gasteiger partial charge in [0.25, 0.3) is 5.95 Å². The Labute approximate surface area is 90.3 Å². The Morgan fingerprint density at radius 2 is 2.07 bits per heavy atom. The summed E-state index contributed by atoms with van der Waals surface area (Å²) in [6.07, 6.45) is 1.59. The van der Waals surface area contributed by atoms with Crippen molar-refractivity contribution in [3.05, 3.63) is 34.9 Å². The Kier molecular flexibility index (Phi) is 2.59. The van der Waals surface area contributed by atoms with Gasteiger partial charge in [0.1, 0.15) is 0 Å². The van der Waals surface area contributed by atoms with Gasteiger partial charge in [0.15, 0.2) is 0 Å². The van der Waals surface area contributed by atoms with Crippen molar-refractivity contribution in [3.63, 3.8) is 0 Å². The third-order valence-corrected chi connectivity index (χ3v) is 1.91. The van der Waals surface area contributed by atoms with Gasteiger partial charge in [0, 0.05) is 5.02 Å². The lowest BCUT2D eigenvalue weighted by Crippen LogP contribution is -1.99. The van der Waals surface area contributed by atoms with E-state index in [0.717, 1.165) is 10.4 Å². The first kappa shape index (κ1) is 9.60. The summed E-state index contributed by atoms with van der Waals surface area (Å²) in [5, 5.41) is 15.0. The van der Waals surface area contributed by atoms with Crippen LogP contribution in [0.5, 0.6) is 0 Å². The molecule has 2 rings (SSSR count). The Morgan fingerprint density at radius 3 is 2.67 bits per heavy atom. The molecule has 0 fully saturated rings. The Morgan fingerprint density at radius 1 is 1.33 bits per heavy atom. The molecule has 0 spiro atoms. The smallest absolute Gasteiger partial charge is 0.263 e. The van der Waals surface area contributed by atoms with Crippen LogP contribution in [-0.4, -0.2) is 26.5 Å². The molecule has 2 aromatic rings. The summed E-state index contributed by atoms with van der Waals surface area (Å²) in [6, 6.07) is 7.19. The minimum absolute atomic E-state index is 0.139. The number of tetrazole rings is 1. The summed E-state index contributed by atoms with van der Waals surface area (Å²) in [6.45, 7) is 0. The molecule has 0 aliphatic rings. The molecule has 1 heterocycles. The van der Waals surface area contributed by atoms with Gasteiger partial charge >= 0.3 is 0 Å². The van der Waals surface area contributed by atoms with E-state index in [2.05, 4.69) is 20.6 Å². The zero-order chi connectivity index (χ0) is 10.7. The van der Waals surface area contributed by atoms with Crippen LogP contribution in [0.1, 0.15) is 5.56 Å². The number of aromatic nitrogens is 4. The predicted octanol–water partition coefficient (Wildman–Crippen LogP) is 0.791. The molecule has 15 heavy (non-hydrogen) atoms. The fourth-order valence-electron chi connectivity index (χ4n) is 0.942. The second-order valence-corrected chi connectivity index (χ2v) is 3.16. The minimum Gasteiger partial charge on any atom is -0.365 e. The van der Waals surface area contributed by atoms with Gasteiger partial charge in [-0.05, 0) is 28.1 Å². The van der Waals surface area contributed by atoms with E-state index >= 15 is 0 Å². The van der Waals surface area contributed by atoms with Gasteiger partial charge < -0.3 is 5.73 Å². The number of hydrogen-bond acceptors (Lipinski definition) is 5. The summed E-state index contributed by atoms with van der Waals surface area (Å²) < 4.78 is 0. The summed E-state index contributed by atoms with van der Waals surface area (Å²) in [5.41, 5.74) is 6.30. The average molecular weight is 223 g/mol. The molecule has 7 heteroatoms. The van der Waals surface area contributed by atoms with Crippen molar-refractivity contribution >= 4 is 23.8 Å². The molecule has 0 aliphatic heterocycles. The second kappa shape index (κ2) is 4.05. The van der Waals surface area contributed by atoms with E-state index in [1.54, 1.807) is 18.3 Å². The number of nitrogen functional groups attached to an aromatic ring is 1. The zero-order valence-electron chi connectivity index (χ0n) is 7.58. The van der Waals surface area contributed by atoms with Gasteiger partial charge in [-0.1, -0.05) is 33.6 Å². The highest BCUT2D eigenvalue weighted by atomic mass is 35.5. The molecule has 76 valence electrons. The van der Waals surface area contributed by atoms with Gasteiger partial charge in [0.05, 0.1) is 6.21 Å². The van der Waals surface area contributed by atoms with Crippen molar-refractivity contribution in [1.29, 1.82) is 0 Å². The fourth-order valence-corrected chi connectivity index (χ4v) is 1.07. The van der Waals surface area contributed by atoms with E-state index in [4.69, 9.17) is 17.3 Å². The quantitative estimate of drug-likeness (QED) is 0.762. The molecule has 1 aromatic heterocycles. The van der Waals surface area contributed by atoms with Crippen LogP contribution in [0.4, 0.5) is 5.95 Å². The number of hydrogen-bond donors (Lipinski definition) is 1. The highest BCUT2D eigenvalue weighted by Crippen LogP contribution is 2.07. The number of anilines is 1. The Hall–Kier alpha value is -1.95. The number of nitrogens with two attached hydrogens (primary N) is 1. The Balaban J connectivity index is 2.19. The van der Waals surface area contributed by atoms with Gasteiger partial charge in [0.2, 0.25) is 0 Å². The normalized spacial score (nSPS) is 11.0. The molecule has 2 N–H and O–H groups in total. The maximum absolute atomic E-state index is 5.73. The second-order valence-electron chi connectivity index (χ2n) is 2.72. The molecule has 6 nitrogen and oxygen atoms in total. The number of halogens is 1. The van der Waals surface area contributed by atoms with Crippen LogP contribution >= 0.6 is 11.6 Å². The lowest BCUT2D eigenvalue weighted by molar-refractivity contribution is 0.699. The van der Waals surface area contributed by atoms with Gasteiger partial charge in [-0.15, -0.1) is 0 Å². The predicted molar refractivity (Wildman–Crippen MR) is 56.7 cm³/mol. The van der Waals surface area contributed by atoms with Crippen molar-refractivity contribution in [2.24, 2.45) is 5.10 Å². The van der Waals surface area contributed by atoms with Crippen LogP contribution in [0.15, 0.2) is 29.4 Å². The van der Waals surface area contributed by atoms with Gasteiger partial charge in [-0.25, -0.2) is 0 Å². The average Bonchev–Trinajstić information content (AvgIpc) is 2.63. The first-order valence-electron chi connectivity index (χ1n) is 4.09. The van der Waals surface area contributed by atoms with E-state index in [9.17, 15) is 0 Å². The molecule has 1 aromatic carbocycles. The van der Waals surface area contributed by atoms with Crippen LogP contribution in [0.2, 0.25) is 5.02 Å². The number of nitrogens with zero attached hydrogens (tertiary/aromatic N) is 5. The number of rotatable bonds is 2. The maximum atomic E-state index is 5.73. The van der Waals surface area contributed by atoms with E-state index < -0.39 is 0 Å². The first-order valence-corrected chi connectivity index (χ1v) is 4.47. The highest BCUT2D eigenvalue weighted by molar-refractivity contribution is 6.30.